The summed E-state index contributed by atoms with van der Waals surface area (Å²) in [7, 11) is -0.612. The van der Waals surface area contributed by atoms with E-state index >= 15 is 0 Å². The molecule has 12 heteroatoms. The molecule has 3 atom stereocenters. The Morgan fingerprint density at radius 1 is 1.14 bits per heavy atom. The highest BCUT2D eigenvalue weighted by Gasteiger charge is 2.64. The molecule has 3 fully saturated rings. The van der Waals surface area contributed by atoms with Crippen LogP contribution < -0.4 is 0 Å². The van der Waals surface area contributed by atoms with Crippen LogP contribution in [0.4, 0.5) is 9.59 Å². The Bertz CT molecular complexity index is 1320. The Labute approximate surface area is 255 Å². The SMILES string of the molecule is CN(C(=O)OC[C@H](O[Si](C)(C)C(C)(C)C)c1nnc([C@@H]2CC3(CC3)[C@@H]3CN2C(=O)N3OCc2ccccc2)o1)C(C)(C)C. The van der Waals surface area contributed by atoms with E-state index < -0.39 is 26.1 Å². The maximum atomic E-state index is 13.6. The van der Waals surface area contributed by atoms with Gasteiger partial charge in [-0.3, -0.25) is 4.84 Å². The Hall–Kier alpha value is -2.96. The van der Waals surface area contributed by atoms with Crippen LogP contribution in [0.1, 0.15) is 90.3 Å². The van der Waals surface area contributed by atoms with Gasteiger partial charge in [-0.15, -0.1) is 10.2 Å². The van der Waals surface area contributed by atoms with Crippen LogP contribution in [0, 0.1) is 5.41 Å². The second kappa shape index (κ2) is 11.2. The lowest BCUT2D eigenvalue weighted by Crippen LogP contribution is -2.45. The van der Waals surface area contributed by atoms with Gasteiger partial charge in [0.1, 0.15) is 19.3 Å². The van der Waals surface area contributed by atoms with Crippen molar-refractivity contribution in [2.45, 2.75) is 109 Å². The number of carbonyl (C=O) groups is 2. The molecule has 1 aromatic carbocycles. The molecule has 1 spiro atoms. The molecular formula is C31H47N5O6Si. The number of aromatic nitrogens is 2. The maximum absolute atomic E-state index is 13.6. The maximum Gasteiger partial charge on any atom is 0.410 e. The van der Waals surface area contributed by atoms with Crippen molar-refractivity contribution >= 4 is 20.4 Å². The number of rotatable bonds is 9. The Kier molecular flexibility index (Phi) is 8.19. The van der Waals surface area contributed by atoms with Gasteiger partial charge in [-0.2, -0.15) is 5.06 Å². The Morgan fingerprint density at radius 2 is 1.81 bits per heavy atom. The van der Waals surface area contributed by atoms with E-state index in [1.807, 2.05) is 51.1 Å². The van der Waals surface area contributed by atoms with Gasteiger partial charge >= 0.3 is 12.1 Å². The number of hydrogen-bond acceptors (Lipinski definition) is 8. The number of carbonyl (C=O) groups excluding carboxylic acids is 2. The van der Waals surface area contributed by atoms with Gasteiger partial charge in [0, 0.05) is 19.1 Å². The zero-order valence-corrected chi connectivity index (χ0v) is 28.0. The normalized spacial score (nSPS) is 22.2. The van der Waals surface area contributed by atoms with Crippen molar-refractivity contribution in [3.05, 3.63) is 47.7 Å². The predicted molar refractivity (Wildman–Crippen MR) is 162 cm³/mol. The van der Waals surface area contributed by atoms with Gasteiger partial charge in [0.15, 0.2) is 14.4 Å². The summed E-state index contributed by atoms with van der Waals surface area (Å²) in [5, 5.41) is 10.3. The van der Waals surface area contributed by atoms with Gasteiger partial charge in [-0.25, -0.2) is 9.59 Å². The molecular weight excluding hydrogens is 566 g/mol. The van der Waals surface area contributed by atoms with Crippen molar-refractivity contribution in [1.29, 1.82) is 0 Å². The number of ether oxygens (including phenoxy) is 1. The number of fused-ring (bicyclic) bond motifs is 3. The van der Waals surface area contributed by atoms with E-state index in [2.05, 4.69) is 44.1 Å². The lowest BCUT2D eigenvalue weighted by molar-refractivity contribution is -0.153. The summed E-state index contributed by atoms with van der Waals surface area (Å²) in [6.45, 7) is 17.3. The monoisotopic (exact) mass is 613 g/mol. The summed E-state index contributed by atoms with van der Waals surface area (Å²) in [5.74, 6) is 0.627. The highest BCUT2D eigenvalue weighted by atomic mass is 28.4. The summed E-state index contributed by atoms with van der Waals surface area (Å²) in [5.41, 5.74) is 0.586. The second-order valence-electron chi connectivity index (χ2n) is 14.8. The van der Waals surface area contributed by atoms with Crippen molar-refractivity contribution in [1.82, 2.24) is 25.1 Å². The van der Waals surface area contributed by atoms with Crippen LogP contribution in [0.25, 0.3) is 0 Å². The molecule has 11 nitrogen and oxygen atoms in total. The van der Waals surface area contributed by atoms with E-state index in [1.54, 1.807) is 21.9 Å². The van der Waals surface area contributed by atoms with Crippen LogP contribution >= 0.6 is 0 Å². The van der Waals surface area contributed by atoms with E-state index in [0.717, 1.165) is 24.8 Å². The van der Waals surface area contributed by atoms with Crippen molar-refractivity contribution < 1.29 is 28.0 Å². The number of urea groups is 1. The first kappa shape index (κ1) is 31.5. The summed E-state index contributed by atoms with van der Waals surface area (Å²) in [6.07, 6.45) is 1.59. The fraction of sp³-hybridized carbons (Fsp3) is 0.677. The number of amides is 3. The molecule has 1 aromatic heterocycles. The molecule has 43 heavy (non-hydrogen) atoms. The topological polar surface area (TPSA) is 110 Å². The minimum absolute atomic E-state index is 0.00348. The van der Waals surface area contributed by atoms with Crippen molar-refractivity contribution in [2.24, 2.45) is 5.41 Å². The smallest absolute Gasteiger partial charge is 0.410 e. The first-order chi connectivity index (χ1) is 20.0. The van der Waals surface area contributed by atoms with Crippen molar-refractivity contribution in [2.75, 3.05) is 20.2 Å². The van der Waals surface area contributed by atoms with Crippen LogP contribution in [-0.2, 0) is 20.6 Å². The van der Waals surface area contributed by atoms with Gasteiger partial charge in [0.05, 0.1) is 6.04 Å². The summed E-state index contributed by atoms with van der Waals surface area (Å²) < 4.78 is 18.7. The lowest BCUT2D eigenvalue weighted by atomic mass is 9.85. The van der Waals surface area contributed by atoms with Crippen LogP contribution in [0.3, 0.4) is 0 Å². The van der Waals surface area contributed by atoms with Crippen LogP contribution in [-0.4, -0.2) is 77.3 Å². The first-order valence-electron chi connectivity index (χ1n) is 15.2. The molecule has 0 unspecified atom stereocenters. The second-order valence-corrected chi connectivity index (χ2v) is 19.5. The van der Waals surface area contributed by atoms with Crippen LogP contribution in [0.5, 0.6) is 0 Å². The lowest BCUT2D eigenvalue weighted by Gasteiger charge is -2.38. The number of piperidine rings is 1. The number of hydrogen-bond donors (Lipinski definition) is 0. The van der Waals surface area contributed by atoms with E-state index in [0.29, 0.717) is 19.0 Å². The summed E-state index contributed by atoms with van der Waals surface area (Å²) in [4.78, 5) is 35.9. The standard InChI is InChI=1S/C31H47N5O6Si/c1-29(2,3)34(7)28(38)39-20-23(42-43(8,9)30(4,5)6)26-33-32-25(41-26)22-17-31(15-16-31)24-18-35(22)27(37)36(24)40-19-21-13-11-10-12-14-21/h10-14,22-24H,15-20H2,1-9H3/t22-,23-,24-/m0/s1. The number of benzene rings is 1. The highest BCUT2D eigenvalue weighted by molar-refractivity contribution is 6.74. The van der Waals surface area contributed by atoms with Gasteiger partial charge in [-0.1, -0.05) is 51.1 Å². The van der Waals surface area contributed by atoms with E-state index in [4.69, 9.17) is 18.4 Å². The van der Waals surface area contributed by atoms with Crippen molar-refractivity contribution in [3.8, 4) is 0 Å². The molecule has 2 aliphatic heterocycles. The molecule has 5 rings (SSSR count). The fourth-order valence-corrected chi connectivity index (χ4v) is 6.67. The van der Waals surface area contributed by atoms with Gasteiger partial charge in [0.2, 0.25) is 11.8 Å². The quantitative estimate of drug-likeness (QED) is 0.296. The van der Waals surface area contributed by atoms with Crippen molar-refractivity contribution in [3.63, 3.8) is 0 Å². The zero-order chi connectivity index (χ0) is 31.4. The van der Waals surface area contributed by atoms with E-state index in [9.17, 15) is 9.59 Å². The van der Waals surface area contributed by atoms with Gasteiger partial charge < -0.3 is 23.4 Å². The molecule has 3 heterocycles. The summed E-state index contributed by atoms with van der Waals surface area (Å²) in [6, 6.07) is 9.32. The Morgan fingerprint density at radius 3 is 2.42 bits per heavy atom. The Balaban J connectivity index is 1.35. The van der Waals surface area contributed by atoms with Crippen LogP contribution in [0.15, 0.2) is 34.7 Å². The molecule has 236 valence electrons. The zero-order valence-electron chi connectivity index (χ0n) is 27.0. The van der Waals surface area contributed by atoms with Gasteiger partial charge in [-0.05, 0) is 69.1 Å². The molecule has 2 saturated heterocycles. The largest absolute Gasteiger partial charge is 0.446 e. The minimum Gasteiger partial charge on any atom is -0.446 e. The van der Waals surface area contributed by atoms with E-state index in [1.165, 1.54) is 0 Å². The third-order valence-electron chi connectivity index (χ3n) is 9.77. The van der Waals surface area contributed by atoms with Gasteiger partial charge in [0.25, 0.3) is 0 Å². The van der Waals surface area contributed by atoms with E-state index in [-0.39, 0.29) is 41.1 Å². The molecule has 3 aliphatic rings. The highest BCUT2D eigenvalue weighted by Crippen LogP contribution is 2.61. The average Bonchev–Trinajstić information content (AvgIpc) is 3.40. The fourth-order valence-electron chi connectivity index (χ4n) is 5.43. The molecule has 2 aromatic rings. The third kappa shape index (κ3) is 6.32. The molecule has 0 N–H and O–H groups in total. The molecule has 2 bridgehead atoms. The minimum atomic E-state index is -2.32. The molecule has 1 saturated carbocycles. The molecule has 0 radical (unpaired) electrons. The van der Waals surface area contributed by atoms with Crippen LogP contribution in [0.2, 0.25) is 18.1 Å². The molecule has 3 amide bonds. The third-order valence-corrected chi connectivity index (χ3v) is 14.3. The average molecular weight is 614 g/mol. The number of hydroxylamine groups is 2. The number of nitrogens with zero attached hydrogens (tertiary/aromatic N) is 5. The molecule has 1 aliphatic carbocycles. The summed E-state index contributed by atoms with van der Waals surface area (Å²) >= 11 is 0. The first-order valence-corrected chi connectivity index (χ1v) is 18.1. The predicted octanol–water partition coefficient (Wildman–Crippen LogP) is 6.46.